The quantitative estimate of drug-likeness (QED) is 0.448. The summed E-state index contributed by atoms with van der Waals surface area (Å²) < 4.78 is 18.5. The molecule has 3 N–H and O–H groups in total. The minimum absolute atomic E-state index is 0.0797. The molecule has 1 fully saturated rings. The standard InChI is InChI=1S/C24H24FN5O5/c1-2-35-23(32)20-19(28-21(29-20)17-5-3-4-12-30(17)24(33)34)14-6-8-15(9-7-14)22(31)27-18-13-16(25)10-11-26-18/h6-11,13,17H,2-5,12H2,1H3,(H,28,29)(H,33,34)(H,26,27,31)/t17-/m0/s1. The van der Waals surface area contributed by atoms with Crippen LogP contribution in [0.1, 0.15) is 58.9 Å². The molecule has 2 aromatic heterocycles. The number of carboxylic acid groups (broad SMARTS) is 1. The van der Waals surface area contributed by atoms with Crippen molar-refractivity contribution in [2.24, 2.45) is 0 Å². The number of rotatable bonds is 6. The SMILES string of the molecule is CCOC(=O)c1[nH]c([C@@H]2CCCCN2C(=O)O)nc1-c1ccc(C(=O)Nc2cc(F)ccn2)cc1. The number of aromatic nitrogens is 3. The number of nitrogens with zero attached hydrogens (tertiary/aromatic N) is 3. The number of H-pyrrole nitrogens is 1. The molecule has 3 aromatic rings. The Balaban J connectivity index is 1.63. The van der Waals surface area contributed by atoms with Crippen LogP contribution >= 0.6 is 0 Å². The average Bonchev–Trinajstić information content (AvgIpc) is 3.30. The van der Waals surface area contributed by atoms with Gasteiger partial charge in [0.05, 0.1) is 12.6 Å². The number of hydrogen-bond acceptors (Lipinski definition) is 6. The van der Waals surface area contributed by atoms with Crippen LogP contribution in [0.4, 0.5) is 15.0 Å². The molecule has 10 nitrogen and oxygen atoms in total. The van der Waals surface area contributed by atoms with Crippen molar-refractivity contribution in [1.29, 1.82) is 0 Å². The molecule has 1 aromatic carbocycles. The Kier molecular flexibility index (Phi) is 7.04. The maximum Gasteiger partial charge on any atom is 0.407 e. The van der Waals surface area contributed by atoms with Gasteiger partial charge in [0, 0.05) is 29.9 Å². The summed E-state index contributed by atoms with van der Waals surface area (Å²) in [6.07, 6.45) is 2.37. The highest BCUT2D eigenvalue weighted by atomic mass is 19.1. The number of carbonyl (C=O) groups excluding carboxylic acids is 2. The molecule has 182 valence electrons. The molecule has 3 heterocycles. The van der Waals surface area contributed by atoms with Crippen molar-refractivity contribution < 1.29 is 28.6 Å². The van der Waals surface area contributed by atoms with E-state index in [1.165, 1.54) is 29.3 Å². The van der Waals surface area contributed by atoms with Gasteiger partial charge in [-0.3, -0.25) is 9.69 Å². The number of likely N-dealkylation sites (tertiary alicyclic amines) is 1. The highest BCUT2D eigenvalue weighted by Crippen LogP contribution is 2.32. The Hall–Kier alpha value is -4.28. The van der Waals surface area contributed by atoms with Crippen molar-refractivity contribution in [2.75, 3.05) is 18.5 Å². The minimum Gasteiger partial charge on any atom is -0.465 e. The fourth-order valence-electron chi connectivity index (χ4n) is 4.00. The first-order chi connectivity index (χ1) is 16.9. The van der Waals surface area contributed by atoms with Crippen LogP contribution in [0, 0.1) is 5.82 Å². The zero-order valence-electron chi connectivity index (χ0n) is 19.0. The molecule has 1 aliphatic heterocycles. The second kappa shape index (κ2) is 10.3. The van der Waals surface area contributed by atoms with Gasteiger partial charge in [-0.25, -0.2) is 23.9 Å². The second-order valence-electron chi connectivity index (χ2n) is 7.94. The maximum atomic E-state index is 13.3. The lowest BCUT2D eigenvalue weighted by Crippen LogP contribution is -2.38. The van der Waals surface area contributed by atoms with Gasteiger partial charge in [-0.2, -0.15) is 0 Å². The van der Waals surface area contributed by atoms with Gasteiger partial charge in [-0.15, -0.1) is 0 Å². The third kappa shape index (κ3) is 5.29. The molecule has 1 saturated heterocycles. The Labute approximate surface area is 200 Å². The first kappa shape index (κ1) is 23.9. The van der Waals surface area contributed by atoms with E-state index in [1.54, 1.807) is 19.1 Å². The number of hydrogen-bond donors (Lipinski definition) is 3. The molecule has 2 amide bonds. The zero-order chi connectivity index (χ0) is 24.9. The Morgan fingerprint density at radius 1 is 1.23 bits per heavy atom. The average molecular weight is 481 g/mol. The third-order valence-corrected chi connectivity index (χ3v) is 5.65. The number of pyridine rings is 1. The molecule has 35 heavy (non-hydrogen) atoms. The predicted molar refractivity (Wildman–Crippen MR) is 123 cm³/mol. The van der Waals surface area contributed by atoms with Gasteiger partial charge < -0.3 is 20.1 Å². The van der Waals surface area contributed by atoms with Crippen LogP contribution < -0.4 is 5.32 Å². The number of halogens is 1. The molecule has 1 atom stereocenters. The summed E-state index contributed by atoms with van der Waals surface area (Å²) in [7, 11) is 0. The summed E-state index contributed by atoms with van der Waals surface area (Å²) >= 11 is 0. The number of imidazole rings is 1. The number of anilines is 1. The van der Waals surface area contributed by atoms with Crippen LogP contribution in [0.25, 0.3) is 11.3 Å². The number of esters is 1. The number of ether oxygens (including phenoxy) is 1. The molecule has 0 aliphatic carbocycles. The van der Waals surface area contributed by atoms with Gasteiger partial charge in [0.1, 0.15) is 23.2 Å². The van der Waals surface area contributed by atoms with E-state index in [0.717, 1.165) is 18.9 Å². The fourth-order valence-corrected chi connectivity index (χ4v) is 4.00. The summed E-state index contributed by atoms with van der Waals surface area (Å²) in [6, 6.07) is 8.09. The molecule has 0 radical (unpaired) electrons. The normalized spacial score (nSPS) is 15.5. The van der Waals surface area contributed by atoms with E-state index < -0.39 is 29.8 Å². The van der Waals surface area contributed by atoms with Gasteiger partial charge in [0.2, 0.25) is 0 Å². The van der Waals surface area contributed by atoms with Gasteiger partial charge in [0.15, 0.2) is 5.69 Å². The Bertz CT molecular complexity index is 1240. The van der Waals surface area contributed by atoms with Crippen molar-refractivity contribution in [3.05, 3.63) is 65.5 Å². The molecular weight excluding hydrogens is 457 g/mol. The van der Waals surface area contributed by atoms with Gasteiger partial charge in [-0.1, -0.05) is 12.1 Å². The number of piperidine rings is 1. The van der Waals surface area contributed by atoms with E-state index in [2.05, 4.69) is 20.3 Å². The molecule has 0 spiro atoms. The number of amides is 2. The molecule has 11 heteroatoms. The molecule has 0 unspecified atom stereocenters. The van der Waals surface area contributed by atoms with E-state index in [1.807, 2.05) is 0 Å². The van der Waals surface area contributed by atoms with Crippen molar-refractivity contribution in [2.45, 2.75) is 32.2 Å². The van der Waals surface area contributed by atoms with E-state index in [4.69, 9.17) is 4.74 Å². The second-order valence-corrected chi connectivity index (χ2v) is 7.94. The van der Waals surface area contributed by atoms with Crippen molar-refractivity contribution in [1.82, 2.24) is 19.9 Å². The smallest absolute Gasteiger partial charge is 0.407 e. The monoisotopic (exact) mass is 481 g/mol. The maximum absolute atomic E-state index is 13.3. The molecule has 0 bridgehead atoms. The lowest BCUT2D eigenvalue weighted by molar-refractivity contribution is 0.0520. The largest absolute Gasteiger partial charge is 0.465 e. The lowest BCUT2D eigenvalue weighted by Gasteiger charge is -2.32. The van der Waals surface area contributed by atoms with Crippen LogP contribution in [0.15, 0.2) is 42.6 Å². The van der Waals surface area contributed by atoms with E-state index in [-0.39, 0.29) is 23.7 Å². The molecule has 0 saturated carbocycles. The van der Waals surface area contributed by atoms with Crippen molar-refractivity contribution in [3.63, 3.8) is 0 Å². The van der Waals surface area contributed by atoms with Crippen molar-refractivity contribution in [3.8, 4) is 11.3 Å². The Morgan fingerprint density at radius 3 is 2.69 bits per heavy atom. The summed E-state index contributed by atoms with van der Waals surface area (Å²) in [4.78, 5) is 49.6. The van der Waals surface area contributed by atoms with Gasteiger partial charge >= 0.3 is 12.1 Å². The highest BCUT2D eigenvalue weighted by Gasteiger charge is 2.32. The number of carbonyl (C=O) groups is 3. The lowest BCUT2D eigenvalue weighted by atomic mass is 10.0. The van der Waals surface area contributed by atoms with E-state index in [9.17, 15) is 23.9 Å². The summed E-state index contributed by atoms with van der Waals surface area (Å²) in [5.74, 6) is -1.17. The number of benzene rings is 1. The number of aromatic amines is 1. The molecular formula is C24H24FN5O5. The molecule has 1 aliphatic rings. The zero-order valence-corrected chi connectivity index (χ0v) is 19.0. The summed E-state index contributed by atoms with van der Waals surface area (Å²) in [5.41, 5.74) is 1.23. The minimum atomic E-state index is -1.05. The third-order valence-electron chi connectivity index (χ3n) is 5.65. The van der Waals surface area contributed by atoms with Crippen molar-refractivity contribution >= 4 is 23.8 Å². The predicted octanol–water partition coefficient (Wildman–Crippen LogP) is 4.24. The highest BCUT2D eigenvalue weighted by molar-refractivity contribution is 6.04. The van der Waals surface area contributed by atoms with E-state index in [0.29, 0.717) is 30.0 Å². The van der Waals surface area contributed by atoms with Crippen LogP contribution in [-0.4, -0.2) is 56.1 Å². The summed E-state index contributed by atoms with van der Waals surface area (Å²) in [5, 5.41) is 12.1. The van der Waals surface area contributed by atoms with Crippen LogP contribution in [-0.2, 0) is 4.74 Å². The first-order valence-electron chi connectivity index (χ1n) is 11.2. The van der Waals surface area contributed by atoms with E-state index >= 15 is 0 Å². The van der Waals surface area contributed by atoms with Gasteiger partial charge in [0.25, 0.3) is 5.91 Å². The summed E-state index contributed by atoms with van der Waals surface area (Å²) in [6.45, 7) is 2.22. The molecule has 4 rings (SSSR count). The van der Waals surface area contributed by atoms with Crippen LogP contribution in [0.3, 0.4) is 0 Å². The Morgan fingerprint density at radius 2 is 2.00 bits per heavy atom. The van der Waals surface area contributed by atoms with Gasteiger partial charge in [-0.05, 0) is 44.4 Å². The fraction of sp³-hybridized carbons (Fsp3) is 0.292. The topological polar surface area (TPSA) is 138 Å². The van der Waals surface area contributed by atoms with Crippen LogP contribution in [0.2, 0.25) is 0 Å². The number of nitrogens with one attached hydrogen (secondary N) is 2. The van der Waals surface area contributed by atoms with Crippen LogP contribution in [0.5, 0.6) is 0 Å². The first-order valence-corrected chi connectivity index (χ1v) is 11.2.